The second-order valence-electron chi connectivity index (χ2n) is 3.68. The van der Waals surface area contributed by atoms with Crippen LogP contribution in [0.3, 0.4) is 0 Å². The summed E-state index contributed by atoms with van der Waals surface area (Å²) in [5, 5.41) is 0. The molecule has 0 saturated heterocycles. The normalized spacial score (nSPS) is 12.0. The predicted octanol–water partition coefficient (Wildman–Crippen LogP) is 3.60. The standard InChI is InChI=1S/C15H15N3/c1-3-12(16-4-2)14-9-7-10-15(18-14)13-8-5-6-11-17-13/h3-11H,1-2H3/b12-3-,16-4-. The van der Waals surface area contributed by atoms with Gasteiger partial charge in [-0.05, 0) is 38.1 Å². The van der Waals surface area contributed by atoms with E-state index in [-0.39, 0.29) is 0 Å². The Bertz CT molecular complexity index is 571. The molecular formula is C15H15N3. The summed E-state index contributed by atoms with van der Waals surface area (Å²) >= 11 is 0. The molecule has 0 radical (unpaired) electrons. The molecule has 0 bridgehead atoms. The zero-order valence-electron chi connectivity index (χ0n) is 10.5. The first-order valence-electron chi connectivity index (χ1n) is 5.89. The highest BCUT2D eigenvalue weighted by Crippen LogP contribution is 2.18. The summed E-state index contributed by atoms with van der Waals surface area (Å²) in [5.41, 5.74) is 3.46. The van der Waals surface area contributed by atoms with Crippen molar-refractivity contribution in [2.75, 3.05) is 0 Å². The molecule has 2 aromatic heterocycles. The lowest BCUT2D eigenvalue weighted by Crippen LogP contribution is -1.92. The Balaban J connectivity index is 2.43. The summed E-state index contributed by atoms with van der Waals surface area (Å²) in [4.78, 5) is 13.2. The molecule has 0 aliphatic heterocycles. The van der Waals surface area contributed by atoms with Gasteiger partial charge in [-0.15, -0.1) is 0 Å². The Morgan fingerprint density at radius 3 is 2.56 bits per heavy atom. The van der Waals surface area contributed by atoms with Gasteiger partial charge in [0.25, 0.3) is 0 Å². The third-order valence-electron chi connectivity index (χ3n) is 2.48. The maximum atomic E-state index is 4.59. The van der Waals surface area contributed by atoms with Gasteiger partial charge in [-0.1, -0.05) is 18.2 Å². The highest BCUT2D eigenvalue weighted by Gasteiger charge is 2.04. The van der Waals surface area contributed by atoms with Crippen LogP contribution in [0, 0.1) is 0 Å². The summed E-state index contributed by atoms with van der Waals surface area (Å²) in [5.74, 6) is 0. The first-order valence-corrected chi connectivity index (χ1v) is 5.89. The molecule has 0 aliphatic carbocycles. The van der Waals surface area contributed by atoms with E-state index in [4.69, 9.17) is 0 Å². The molecular weight excluding hydrogens is 222 g/mol. The fourth-order valence-corrected chi connectivity index (χ4v) is 1.66. The predicted molar refractivity (Wildman–Crippen MR) is 75.3 cm³/mol. The van der Waals surface area contributed by atoms with Gasteiger partial charge in [0, 0.05) is 12.4 Å². The number of hydrogen-bond acceptors (Lipinski definition) is 3. The lowest BCUT2D eigenvalue weighted by atomic mass is 10.2. The Kier molecular flexibility index (Phi) is 3.97. The third-order valence-corrected chi connectivity index (χ3v) is 2.48. The number of hydrogen-bond donors (Lipinski definition) is 0. The lowest BCUT2D eigenvalue weighted by molar-refractivity contribution is 1.21. The van der Waals surface area contributed by atoms with E-state index in [0.29, 0.717) is 0 Å². The van der Waals surface area contributed by atoms with Crippen LogP contribution in [0.15, 0.2) is 53.7 Å². The molecule has 0 aliphatic rings. The van der Waals surface area contributed by atoms with Gasteiger partial charge in [0.05, 0.1) is 22.8 Å². The molecule has 18 heavy (non-hydrogen) atoms. The SMILES string of the molecule is C/C=N\C(=C/C)c1cccc(-c2ccccn2)n1. The molecule has 0 aromatic carbocycles. The van der Waals surface area contributed by atoms with Gasteiger partial charge in [-0.2, -0.15) is 0 Å². The average Bonchev–Trinajstić information content (AvgIpc) is 2.46. The van der Waals surface area contributed by atoms with Crippen molar-refractivity contribution in [3.63, 3.8) is 0 Å². The van der Waals surface area contributed by atoms with E-state index in [1.54, 1.807) is 12.4 Å². The lowest BCUT2D eigenvalue weighted by Gasteiger charge is -2.04. The summed E-state index contributed by atoms with van der Waals surface area (Å²) < 4.78 is 0. The van der Waals surface area contributed by atoms with Crippen molar-refractivity contribution in [3.05, 3.63) is 54.4 Å². The highest BCUT2D eigenvalue weighted by atomic mass is 14.8. The summed E-state index contributed by atoms with van der Waals surface area (Å²) in [7, 11) is 0. The van der Waals surface area contributed by atoms with Crippen LogP contribution in [0.1, 0.15) is 19.5 Å². The zero-order chi connectivity index (χ0) is 12.8. The highest BCUT2D eigenvalue weighted by molar-refractivity contribution is 5.72. The van der Waals surface area contributed by atoms with Crippen molar-refractivity contribution in [3.8, 4) is 11.4 Å². The minimum Gasteiger partial charge on any atom is -0.260 e. The summed E-state index contributed by atoms with van der Waals surface area (Å²) in [6, 6.07) is 11.7. The molecule has 0 unspecified atom stereocenters. The molecule has 90 valence electrons. The fraction of sp³-hybridized carbons (Fsp3) is 0.133. The molecule has 2 aromatic rings. The quantitative estimate of drug-likeness (QED) is 0.765. The van der Waals surface area contributed by atoms with Crippen molar-refractivity contribution in [2.45, 2.75) is 13.8 Å². The second kappa shape index (κ2) is 5.87. The van der Waals surface area contributed by atoms with Gasteiger partial charge < -0.3 is 0 Å². The van der Waals surface area contributed by atoms with E-state index in [1.165, 1.54) is 0 Å². The van der Waals surface area contributed by atoms with E-state index < -0.39 is 0 Å². The van der Waals surface area contributed by atoms with E-state index in [0.717, 1.165) is 22.8 Å². The Hall–Kier alpha value is -2.29. The van der Waals surface area contributed by atoms with Gasteiger partial charge in [-0.25, -0.2) is 4.98 Å². The molecule has 3 heteroatoms. The minimum atomic E-state index is 0.860. The summed E-state index contributed by atoms with van der Waals surface area (Å²) in [6.45, 7) is 3.85. The second-order valence-corrected chi connectivity index (χ2v) is 3.68. The van der Waals surface area contributed by atoms with Gasteiger partial charge in [0.15, 0.2) is 0 Å². The minimum absolute atomic E-state index is 0.860. The molecule has 0 atom stereocenters. The van der Waals surface area contributed by atoms with Gasteiger partial charge in [0.1, 0.15) is 0 Å². The van der Waals surface area contributed by atoms with E-state index in [9.17, 15) is 0 Å². The summed E-state index contributed by atoms with van der Waals surface area (Å²) in [6.07, 6.45) is 5.49. The smallest absolute Gasteiger partial charge is 0.0894 e. The number of nitrogens with zero attached hydrogens (tertiary/aromatic N) is 3. The maximum Gasteiger partial charge on any atom is 0.0894 e. The number of aliphatic imine (C=N–C) groups is 1. The van der Waals surface area contributed by atoms with Crippen molar-refractivity contribution in [2.24, 2.45) is 4.99 Å². The van der Waals surface area contributed by atoms with E-state index >= 15 is 0 Å². The number of rotatable bonds is 3. The average molecular weight is 237 g/mol. The molecule has 3 nitrogen and oxygen atoms in total. The van der Waals surface area contributed by atoms with Crippen LogP contribution >= 0.6 is 0 Å². The van der Waals surface area contributed by atoms with Gasteiger partial charge in [0.2, 0.25) is 0 Å². The van der Waals surface area contributed by atoms with Crippen LogP contribution in [0.5, 0.6) is 0 Å². The van der Waals surface area contributed by atoms with Crippen LogP contribution in [-0.4, -0.2) is 16.2 Å². The number of pyridine rings is 2. The Morgan fingerprint density at radius 2 is 1.89 bits per heavy atom. The Morgan fingerprint density at radius 1 is 1.06 bits per heavy atom. The number of allylic oxidation sites excluding steroid dienone is 1. The van der Waals surface area contributed by atoms with Crippen molar-refractivity contribution in [1.29, 1.82) is 0 Å². The molecule has 2 heterocycles. The first-order chi connectivity index (χ1) is 8.85. The molecule has 0 saturated carbocycles. The van der Waals surface area contributed by atoms with Crippen LogP contribution in [-0.2, 0) is 0 Å². The maximum absolute atomic E-state index is 4.59. The van der Waals surface area contributed by atoms with Crippen molar-refractivity contribution >= 4 is 11.9 Å². The van der Waals surface area contributed by atoms with Gasteiger partial charge in [-0.3, -0.25) is 9.98 Å². The number of aromatic nitrogens is 2. The fourth-order valence-electron chi connectivity index (χ4n) is 1.66. The molecule has 0 N–H and O–H groups in total. The van der Waals surface area contributed by atoms with E-state index in [1.807, 2.05) is 56.3 Å². The topological polar surface area (TPSA) is 38.1 Å². The van der Waals surface area contributed by atoms with E-state index in [2.05, 4.69) is 15.0 Å². The van der Waals surface area contributed by atoms with Gasteiger partial charge >= 0.3 is 0 Å². The third kappa shape index (κ3) is 2.69. The Labute approximate surface area is 107 Å². The van der Waals surface area contributed by atoms with Crippen LogP contribution in [0.25, 0.3) is 17.1 Å². The largest absolute Gasteiger partial charge is 0.260 e. The van der Waals surface area contributed by atoms with Crippen molar-refractivity contribution in [1.82, 2.24) is 9.97 Å². The van der Waals surface area contributed by atoms with Crippen LogP contribution in [0.2, 0.25) is 0 Å². The molecule has 2 rings (SSSR count). The molecule has 0 fully saturated rings. The van der Waals surface area contributed by atoms with Crippen LogP contribution < -0.4 is 0 Å². The molecule has 0 spiro atoms. The van der Waals surface area contributed by atoms with Crippen molar-refractivity contribution < 1.29 is 0 Å². The first kappa shape index (κ1) is 12.2. The zero-order valence-corrected chi connectivity index (χ0v) is 10.5. The monoisotopic (exact) mass is 237 g/mol. The molecule has 0 amide bonds. The van der Waals surface area contributed by atoms with Crippen LogP contribution in [0.4, 0.5) is 0 Å².